The van der Waals surface area contributed by atoms with E-state index in [9.17, 15) is 4.79 Å². The van der Waals surface area contributed by atoms with Gasteiger partial charge in [-0.2, -0.15) is 0 Å². The second-order valence-corrected chi connectivity index (χ2v) is 6.03. The van der Waals surface area contributed by atoms with E-state index in [2.05, 4.69) is 33.0 Å². The summed E-state index contributed by atoms with van der Waals surface area (Å²) < 4.78 is 1.05. The van der Waals surface area contributed by atoms with E-state index in [0.717, 1.165) is 21.1 Å². The van der Waals surface area contributed by atoms with Crippen molar-refractivity contribution in [3.8, 4) is 0 Å². The van der Waals surface area contributed by atoms with E-state index < -0.39 is 0 Å². The van der Waals surface area contributed by atoms with Crippen LogP contribution in [0.2, 0.25) is 0 Å². The minimum Gasteiger partial charge on any atom is -0.360 e. The Morgan fingerprint density at radius 2 is 1.90 bits per heavy atom. The highest BCUT2D eigenvalue weighted by Gasteiger charge is 2.31. The summed E-state index contributed by atoms with van der Waals surface area (Å²) >= 11 is 3.56. The van der Waals surface area contributed by atoms with Crippen molar-refractivity contribution in [2.45, 2.75) is 12.3 Å². The first-order valence-corrected chi connectivity index (χ1v) is 7.42. The third-order valence-electron chi connectivity index (χ3n) is 4.10. The van der Waals surface area contributed by atoms with E-state index in [0.29, 0.717) is 6.42 Å². The zero-order valence-corrected chi connectivity index (χ0v) is 12.3. The number of ketones is 1. The number of hydrogen-bond acceptors (Lipinski definition) is 1. The van der Waals surface area contributed by atoms with E-state index >= 15 is 0 Å². The molecule has 0 aliphatic heterocycles. The highest BCUT2D eigenvalue weighted by molar-refractivity contribution is 9.10. The van der Waals surface area contributed by atoms with Crippen LogP contribution in [0, 0.1) is 0 Å². The molecule has 98 valence electrons. The number of para-hydroxylation sites is 1. The summed E-state index contributed by atoms with van der Waals surface area (Å²) in [6, 6.07) is 14.1. The summed E-state index contributed by atoms with van der Waals surface area (Å²) in [6.07, 6.45) is 2.61. The molecule has 20 heavy (non-hydrogen) atoms. The van der Waals surface area contributed by atoms with Gasteiger partial charge in [0.2, 0.25) is 0 Å². The predicted octanol–water partition coefficient (Wildman–Crippen LogP) is 4.65. The number of fused-ring (bicyclic) bond motifs is 2. The molecular formula is C17H12BrNO. The molecule has 1 aliphatic carbocycles. The van der Waals surface area contributed by atoms with Crippen LogP contribution in [-0.4, -0.2) is 10.8 Å². The minimum absolute atomic E-state index is 0.168. The molecule has 1 heterocycles. The number of nitrogens with one attached hydrogen (secondary N) is 1. The molecule has 3 heteroatoms. The number of carbonyl (C=O) groups is 1. The van der Waals surface area contributed by atoms with E-state index in [1.807, 2.05) is 36.5 Å². The Morgan fingerprint density at radius 3 is 2.80 bits per heavy atom. The molecular weight excluding hydrogens is 314 g/mol. The van der Waals surface area contributed by atoms with Gasteiger partial charge in [-0.3, -0.25) is 4.79 Å². The Morgan fingerprint density at radius 1 is 1.05 bits per heavy atom. The molecule has 1 N–H and O–H groups in total. The lowest BCUT2D eigenvalue weighted by molar-refractivity contribution is 0.0991. The molecule has 0 amide bonds. The molecule has 0 bridgehead atoms. The fourth-order valence-corrected chi connectivity index (χ4v) is 3.65. The molecule has 1 atom stereocenters. The smallest absolute Gasteiger partial charge is 0.164 e. The van der Waals surface area contributed by atoms with Gasteiger partial charge in [0.25, 0.3) is 0 Å². The molecule has 1 aliphatic rings. The van der Waals surface area contributed by atoms with Gasteiger partial charge >= 0.3 is 0 Å². The normalized spacial score (nSPS) is 17.6. The average Bonchev–Trinajstić information content (AvgIpc) is 3.02. The third-order valence-corrected chi connectivity index (χ3v) is 4.76. The monoisotopic (exact) mass is 325 g/mol. The van der Waals surface area contributed by atoms with Crippen molar-refractivity contribution in [2.24, 2.45) is 0 Å². The number of aromatic nitrogens is 1. The number of rotatable bonds is 1. The molecule has 2 aromatic carbocycles. The van der Waals surface area contributed by atoms with Crippen molar-refractivity contribution >= 4 is 32.6 Å². The Labute approximate surface area is 124 Å². The first-order valence-electron chi connectivity index (χ1n) is 6.63. The number of hydrogen-bond donors (Lipinski definition) is 1. The van der Waals surface area contributed by atoms with Crippen molar-refractivity contribution < 1.29 is 4.79 Å². The van der Waals surface area contributed by atoms with Crippen LogP contribution in [0.1, 0.15) is 33.8 Å². The van der Waals surface area contributed by atoms with E-state index in [1.165, 1.54) is 10.9 Å². The second kappa shape index (κ2) is 4.32. The molecule has 1 aromatic heterocycles. The molecule has 1 unspecified atom stereocenters. The molecule has 4 rings (SSSR count). The van der Waals surface area contributed by atoms with Gasteiger partial charge in [-0.15, -0.1) is 0 Å². The van der Waals surface area contributed by atoms with Crippen LogP contribution in [0.3, 0.4) is 0 Å². The van der Waals surface area contributed by atoms with Crippen molar-refractivity contribution in [3.05, 3.63) is 69.8 Å². The number of aromatic amines is 1. The third kappa shape index (κ3) is 1.59. The maximum atomic E-state index is 12.2. The maximum absolute atomic E-state index is 12.2. The van der Waals surface area contributed by atoms with Crippen LogP contribution >= 0.6 is 15.9 Å². The maximum Gasteiger partial charge on any atom is 0.164 e. The van der Waals surface area contributed by atoms with Crippen LogP contribution in [0.25, 0.3) is 10.9 Å². The number of halogens is 1. The largest absolute Gasteiger partial charge is 0.360 e. The SMILES string of the molecule is O=C1CC(c2c[nH]c3c(Br)cccc23)c2ccccc21. The molecule has 0 saturated heterocycles. The Balaban J connectivity index is 1.94. The number of carbonyl (C=O) groups excluding carboxylic acids is 1. The van der Waals surface area contributed by atoms with Gasteiger partial charge in [-0.25, -0.2) is 0 Å². The fourth-order valence-electron chi connectivity index (χ4n) is 3.16. The van der Waals surface area contributed by atoms with Crippen LogP contribution in [0.4, 0.5) is 0 Å². The zero-order valence-electron chi connectivity index (χ0n) is 10.7. The van der Waals surface area contributed by atoms with Crippen molar-refractivity contribution in [3.63, 3.8) is 0 Å². The quantitative estimate of drug-likeness (QED) is 0.694. The first kappa shape index (κ1) is 11.9. The first-order chi connectivity index (χ1) is 9.75. The highest BCUT2D eigenvalue weighted by Crippen LogP contribution is 2.41. The summed E-state index contributed by atoms with van der Waals surface area (Å²) in [5.41, 5.74) is 4.33. The van der Waals surface area contributed by atoms with Crippen LogP contribution in [-0.2, 0) is 0 Å². The van der Waals surface area contributed by atoms with Crippen molar-refractivity contribution in [1.29, 1.82) is 0 Å². The summed E-state index contributed by atoms with van der Waals surface area (Å²) in [4.78, 5) is 15.5. The number of Topliss-reactive ketones (excluding diaryl/α,β-unsaturated/α-hetero) is 1. The number of benzene rings is 2. The van der Waals surface area contributed by atoms with Gasteiger partial charge in [0.05, 0.1) is 5.52 Å². The van der Waals surface area contributed by atoms with Gasteiger partial charge in [-0.1, -0.05) is 36.4 Å². The standard InChI is InChI=1S/C17H12BrNO/c18-15-7-3-6-12-14(9-19-17(12)15)13-8-16(20)11-5-2-1-4-10(11)13/h1-7,9,13,19H,8H2. The van der Waals surface area contributed by atoms with Crippen molar-refractivity contribution in [2.75, 3.05) is 0 Å². The lowest BCUT2D eigenvalue weighted by Crippen LogP contribution is -1.95. The fraction of sp³-hybridized carbons (Fsp3) is 0.118. The predicted molar refractivity (Wildman–Crippen MR) is 83.2 cm³/mol. The summed E-state index contributed by atoms with van der Waals surface area (Å²) in [5, 5.41) is 1.19. The van der Waals surface area contributed by atoms with Gasteiger partial charge in [0.1, 0.15) is 0 Å². The number of H-pyrrole nitrogens is 1. The lowest BCUT2D eigenvalue weighted by atomic mass is 9.93. The molecule has 0 spiro atoms. The van der Waals surface area contributed by atoms with Gasteiger partial charge in [0.15, 0.2) is 5.78 Å². The minimum atomic E-state index is 0.168. The van der Waals surface area contributed by atoms with E-state index in [4.69, 9.17) is 0 Å². The van der Waals surface area contributed by atoms with Gasteiger partial charge in [0, 0.05) is 34.0 Å². The molecule has 0 radical (unpaired) electrons. The zero-order chi connectivity index (χ0) is 13.7. The summed E-state index contributed by atoms with van der Waals surface area (Å²) in [5.74, 6) is 0.414. The van der Waals surface area contributed by atoms with E-state index in [-0.39, 0.29) is 11.7 Å². The average molecular weight is 326 g/mol. The van der Waals surface area contributed by atoms with Crippen molar-refractivity contribution in [1.82, 2.24) is 4.98 Å². The molecule has 0 fully saturated rings. The highest BCUT2D eigenvalue weighted by atomic mass is 79.9. The Bertz CT molecular complexity index is 834. The summed E-state index contributed by atoms with van der Waals surface area (Å²) in [6.45, 7) is 0. The lowest BCUT2D eigenvalue weighted by Gasteiger charge is -2.09. The molecule has 0 saturated carbocycles. The Kier molecular flexibility index (Phi) is 2.57. The Hall–Kier alpha value is -1.87. The molecule has 3 aromatic rings. The van der Waals surface area contributed by atoms with Crippen LogP contribution in [0.15, 0.2) is 53.1 Å². The summed E-state index contributed by atoms with van der Waals surface area (Å²) in [7, 11) is 0. The van der Waals surface area contributed by atoms with Gasteiger partial charge in [-0.05, 0) is 33.1 Å². The van der Waals surface area contributed by atoms with Gasteiger partial charge < -0.3 is 4.98 Å². The van der Waals surface area contributed by atoms with Crippen LogP contribution < -0.4 is 0 Å². The second-order valence-electron chi connectivity index (χ2n) is 5.17. The van der Waals surface area contributed by atoms with Crippen LogP contribution in [0.5, 0.6) is 0 Å². The topological polar surface area (TPSA) is 32.9 Å². The van der Waals surface area contributed by atoms with E-state index in [1.54, 1.807) is 0 Å². The molecule has 2 nitrogen and oxygen atoms in total.